The van der Waals surface area contributed by atoms with Crippen LogP contribution in [0.25, 0.3) is 0 Å². The highest BCUT2D eigenvalue weighted by Crippen LogP contribution is 2.04. The molecule has 1 aliphatic rings. The first-order valence-electron chi connectivity index (χ1n) is 8.35. The standard InChI is InChI=1S/C16H35N3O/c1-15(2)14-19-11-9-18(10-12-19)8-7-17-6-5-13-20-16(3)4/h15-17H,5-14H2,1-4H3. The van der Waals surface area contributed by atoms with E-state index >= 15 is 0 Å². The summed E-state index contributed by atoms with van der Waals surface area (Å²) in [6.45, 7) is 19.2. The van der Waals surface area contributed by atoms with Crippen LogP contribution in [0.1, 0.15) is 34.1 Å². The molecule has 1 saturated heterocycles. The first kappa shape index (κ1) is 17.9. The summed E-state index contributed by atoms with van der Waals surface area (Å²) in [6.07, 6.45) is 1.47. The largest absolute Gasteiger partial charge is 0.379 e. The van der Waals surface area contributed by atoms with E-state index in [9.17, 15) is 0 Å². The van der Waals surface area contributed by atoms with Gasteiger partial charge < -0.3 is 15.0 Å². The molecule has 0 aromatic heterocycles. The smallest absolute Gasteiger partial charge is 0.0518 e. The van der Waals surface area contributed by atoms with Crippen LogP contribution < -0.4 is 5.32 Å². The van der Waals surface area contributed by atoms with Crippen LogP contribution in [0, 0.1) is 5.92 Å². The van der Waals surface area contributed by atoms with Crippen molar-refractivity contribution in [2.24, 2.45) is 5.92 Å². The summed E-state index contributed by atoms with van der Waals surface area (Å²) in [5.74, 6) is 0.788. The van der Waals surface area contributed by atoms with Crippen molar-refractivity contribution in [1.82, 2.24) is 15.1 Å². The Kier molecular flexibility index (Phi) is 9.44. The minimum Gasteiger partial charge on any atom is -0.379 e. The van der Waals surface area contributed by atoms with Crippen molar-refractivity contribution in [3.63, 3.8) is 0 Å². The molecule has 0 aliphatic carbocycles. The summed E-state index contributed by atoms with van der Waals surface area (Å²) in [6, 6.07) is 0. The second kappa shape index (κ2) is 10.6. The molecule has 0 aromatic rings. The fourth-order valence-corrected chi connectivity index (χ4v) is 2.59. The molecule has 20 heavy (non-hydrogen) atoms. The van der Waals surface area contributed by atoms with E-state index in [1.165, 1.54) is 39.3 Å². The molecule has 0 unspecified atom stereocenters. The fourth-order valence-electron chi connectivity index (χ4n) is 2.59. The Bertz CT molecular complexity index is 226. The van der Waals surface area contributed by atoms with Crippen molar-refractivity contribution in [3.8, 4) is 0 Å². The molecule has 0 saturated carbocycles. The SMILES string of the molecule is CC(C)CN1CCN(CCNCCCOC(C)C)CC1. The van der Waals surface area contributed by atoms with Gasteiger partial charge in [0.05, 0.1) is 6.10 Å². The highest BCUT2D eigenvalue weighted by Gasteiger charge is 2.16. The second-order valence-corrected chi connectivity index (χ2v) is 6.56. The third-order valence-electron chi connectivity index (χ3n) is 3.64. The Morgan fingerprint density at radius 3 is 2.20 bits per heavy atom. The van der Waals surface area contributed by atoms with Crippen LogP contribution in [0.4, 0.5) is 0 Å². The van der Waals surface area contributed by atoms with Gasteiger partial charge in [-0.25, -0.2) is 0 Å². The summed E-state index contributed by atoms with van der Waals surface area (Å²) in [4.78, 5) is 5.17. The average Bonchev–Trinajstić information content (AvgIpc) is 2.38. The molecule has 4 nitrogen and oxygen atoms in total. The van der Waals surface area contributed by atoms with Gasteiger partial charge in [-0.2, -0.15) is 0 Å². The third-order valence-corrected chi connectivity index (χ3v) is 3.64. The van der Waals surface area contributed by atoms with Crippen molar-refractivity contribution in [3.05, 3.63) is 0 Å². The van der Waals surface area contributed by atoms with E-state index in [1.807, 2.05) is 0 Å². The normalized spacial score (nSPS) is 18.3. The van der Waals surface area contributed by atoms with E-state index in [4.69, 9.17) is 4.74 Å². The molecule has 1 aliphatic heterocycles. The number of nitrogens with one attached hydrogen (secondary N) is 1. The lowest BCUT2D eigenvalue weighted by Gasteiger charge is -2.35. The predicted octanol–water partition coefficient (Wildman–Crippen LogP) is 1.66. The molecular weight excluding hydrogens is 250 g/mol. The fraction of sp³-hybridized carbons (Fsp3) is 1.00. The Morgan fingerprint density at radius 1 is 0.950 bits per heavy atom. The zero-order valence-electron chi connectivity index (χ0n) is 14.0. The Labute approximate surface area is 125 Å². The lowest BCUT2D eigenvalue weighted by molar-refractivity contribution is 0.0768. The molecule has 0 spiro atoms. The molecule has 0 atom stereocenters. The van der Waals surface area contributed by atoms with Crippen LogP contribution in [0.2, 0.25) is 0 Å². The quantitative estimate of drug-likeness (QED) is 0.618. The number of hydrogen-bond acceptors (Lipinski definition) is 4. The maximum Gasteiger partial charge on any atom is 0.0518 e. The van der Waals surface area contributed by atoms with Crippen molar-refractivity contribution >= 4 is 0 Å². The molecule has 0 aromatic carbocycles. The summed E-state index contributed by atoms with van der Waals surface area (Å²) in [5.41, 5.74) is 0. The topological polar surface area (TPSA) is 27.7 Å². The minimum atomic E-state index is 0.358. The second-order valence-electron chi connectivity index (χ2n) is 6.56. The molecule has 1 fully saturated rings. The summed E-state index contributed by atoms with van der Waals surface area (Å²) < 4.78 is 5.53. The zero-order valence-corrected chi connectivity index (χ0v) is 14.0. The van der Waals surface area contributed by atoms with Gasteiger partial charge in [-0.15, -0.1) is 0 Å². The lowest BCUT2D eigenvalue weighted by Crippen LogP contribution is -2.48. The monoisotopic (exact) mass is 285 g/mol. The van der Waals surface area contributed by atoms with Crippen LogP contribution in [0.3, 0.4) is 0 Å². The number of rotatable bonds is 10. The summed E-state index contributed by atoms with van der Waals surface area (Å²) in [7, 11) is 0. The molecule has 1 heterocycles. The highest BCUT2D eigenvalue weighted by atomic mass is 16.5. The molecule has 0 radical (unpaired) electrons. The molecule has 0 amide bonds. The molecular formula is C16H35N3O. The van der Waals surface area contributed by atoms with Crippen molar-refractivity contribution < 1.29 is 4.74 Å². The minimum absolute atomic E-state index is 0.358. The van der Waals surface area contributed by atoms with Gasteiger partial charge in [-0.3, -0.25) is 4.90 Å². The van der Waals surface area contributed by atoms with Crippen LogP contribution in [0.5, 0.6) is 0 Å². The lowest BCUT2D eigenvalue weighted by atomic mass is 10.2. The van der Waals surface area contributed by atoms with E-state index in [0.29, 0.717) is 6.10 Å². The number of nitrogens with zero attached hydrogens (tertiary/aromatic N) is 2. The Morgan fingerprint density at radius 2 is 1.60 bits per heavy atom. The Hall–Kier alpha value is -0.160. The molecule has 1 rings (SSSR count). The zero-order chi connectivity index (χ0) is 14.8. The highest BCUT2D eigenvalue weighted by molar-refractivity contribution is 4.73. The van der Waals surface area contributed by atoms with Crippen LogP contribution in [0.15, 0.2) is 0 Å². The summed E-state index contributed by atoms with van der Waals surface area (Å²) >= 11 is 0. The van der Waals surface area contributed by atoms with E-state index in [1.54, 1.807) is 0 Å². The van der Waals surface area contributed by atoms with E-state index in [0.717, 1.165) is 32.0 Å². The van der Waals surface area contributed by atoms with Crippen molar-refractivity contribution in [2.75, 3.05) is 59.0 Å². The van der Waals surface area contributed by atoms with E-state index < -0.39 is 0 Å². The number of hydrogen-bond donors (Lipinski definition) is 1. The van der Waals surface area contributed by atoms with Gasteiger partial charge in [0.1, 0.15) is 0 Å². The van der Waals surface area contributed by atoms with E-state index in [2.05, 4.69) is 42.8 Å². The first-order chi connectivity index (χ1) is 9.58. The van der Waals surface area contributed by atoms with Crippen LogP contribution in [-0.2, 0) is 4.74 Å². The first-order valence-corrected chi connectivity index (χ1v) is 8.35. The summed E-state index contributed by atoms with van der Waals surface area (Å²) in [5, 5.41) is 3.51. The third kappa shape index (κ3) is 8.90. The van der Waals surface area contributed by atoms with Gasteiger partial charge in [0.25, 0.3) is 0 Å². The van der Waals surface area contributed by atoms with Gasteiger partial charge >= 0.3 is 0 Å². The van der Waals surface area contributed by atoms with Crippen molar-refractivity contribution in [2.45, 2.75) is 40.2 Å². The molecule has 120 valence electrons. The van der Waals surface area contributed by atoms with E-state index in [-0.39, 0.29) is 0 Å². The molecule has 4 heteroatoms. The van der Waals surface area contributed by atoms with Gasteiger partial charge in [-0.1, -0.05) is 13.8 Å². The molecule has 1 N–H and O–H groups in total. The Balaban J connectivity index is 1.91. The van der Waals surface area contributed by atoms with Gasteiger partial charge in [0, 0.05) is 52.4 Å². The van der Waals surface area contributed by atoms with Crippen LogP contribution >= 0.6 is 0 Å². The van der Waals surface area contributed by atoms with Gasteiger partial charge in [0.2, 0.25) is 0 Å². The molecule has 0 bridgehead atoms. The maximum absolute atomic E-state index is 5.53. The van der Waals surface area contributed by atoms with Crippen molar-refractivity contribution in [1.29, 1.82) is 0 Å². The van der Waals surface area contributed by atoms with Gasteiger partial charge in [-0.05, 0) is 32.7 Å². The van der Waals surface area contributed by atoms with Gasteiger partial charge in [0.15, 0.2) is 0 Å². The predicted molar refractivity (Wildman–Crippen MR) is 86.3 cm³/mol. The number of piperazine rings is 1. The number of ether oxygens (including phenoxy) is 1. The van der Waals surface area contributed by atoms with Crippen LogP contribution in [-0.4, -0.2) is 74.9 Å². The maximum atomic E-state index is 5.53. The average molecular weight is 285 g/mol.